The largest absolute Gasteiger partial charge is 0.454 e. The van der Waals surface area contributed by atoms with Crippen LogP contribution in [0.4, 0.5) is 5.69 Å². The van der Waals surface area contributed by atoms with E-state index in [2.05, 4.69) is 20.5 Å². The van der Waals surface area contributed by atoms with E-state index in [-0.39, 0.29) is 18.5 Å². The van der Waals surface area contributed by atoms with Crippen LogP contribution in [0.5, 0.6) is 11.5 Å². The fourth-order valence-electron chi connectivity index (χ4n) is 2.34. The number of thioether (sulfide) groups is 1. The summed E-state index contributed by atoms with van der Waals surface area (Å²) in [7, 11) is 0. The van der Waals surface area contributed by atoms with Crippen LogP contribution in [0.25, 0.3) is 11.4 Å². The first-order valence-corrected chi connectivity index (χ1v) is 8.56. The Hall–Kier alpha value is -3.00. The van der Waals surface area contributed by atoms with E-state index < -0.39 is 0 Å². The summed E-state index contributed by atoms with van der Waals surface area (Å²) in [6.45, 7) is 0.206. The average molecular weight is 354 g/mol. The van der Waals surface area contributed by atoms with Crippen LogP contribution >= 0.6 is 11.8 Å². The molecule has 0 bridgehead atoms. The highest BCUT2D eigenvalue weighted by Crippen LogP contribution is 2.34. The number of nitrogens with zero attached hydrogens (tertiary/aromatic N) is 2. The van der Waals surface area contributed by atoms with Crippen molar-refractivity contribution in [2.75, 3.05) is 17.9 Å². The summed E-state index contributed by atoms with van der Waals surface area (Å²) in [5, 5.41) is 10.4. The van der Waals surface area contributed by atoms with Crippen molar-refractivity contribution in [3.05, 3.63) is 48.5 Å². The molecule has 0 saturated heterocycles. The van der Waals surface area contributed by atoms with Crippen molar-refractivity contribution in [1.82, 2.24) is 15.2 Å². The Bertz CT molecular complexity index is 898. The number of amides is 1. The minimum atomic E-state index is -0.144. The van der Waals surface area contributed by atoms with Gasteiger partial charge in [-0.25, -0.2) is 4.98 Å². The lowest BCUT2D eigenvalue weighted by Gasteiger charge is -2.05. The van der Waals surface area contributed by atoms with Gasteiger partial charge in [-0.2, -0.15) is 0 Å². The van der Waals surface area contributed by atoms with Crippen LogP contribution in [0.1, 0.15) is 0 Å². The predicted octanol–water partition coefficient (Wildman–Crippen LogP) is 2.93. The molecule has 2 N–H and O–H groups in total. The van der Waals surface area contributed by atoms with Gasteiger partial charge in [-0.1, -0.05) is 42.1 Å². The third kappa shape index (κ3) is 3.58. The van der Waals surface area contributed by atoms with Gasteiger partial charge in [0.05, 0.1) is 5.75 Å². The molecule has 2 heterocycles. The van der Waals surface area contributed by atoms with Gasteiger partial charge in [-0.05, 0) is 12.1 Å². The maximum absolute atomic E-state index is 12.1. The average Bonchev–Trinajstić information content (AvgIpc) is 3.30. The number of fused-ring (bicyclic) bond motifs is 1. The molecule has 0 spiro atoms. The fraction of sp³-hybridized carbons (Fsp3) is 0.118. The number of aromatic amines is 1. The van der Waals surface area contributed by atoms with Gasteiger partial charge in [0.25, 0.3) is 0 Å². The molecule has 2 aromatic carbocycles. The molecule has 0 aliphatic carbocycles. The number of anilines is 1. The van der Waals surface area contributed by atoms with Crippen molar-refractivity contribution >= 4 is 23.4 Å². The van der Waals surface area contributed by atoms with Crippen molar-refractivity contribution in [1.29, 1.82) is 0 Å². The first-order valence-electron chi connectivity index (χ1n) is 7.58. The molecule has 0 unspecified atom stereocenters. The normalized spacial score (nSPS) is 12.2. The van der Waals surface area contributed by atoms with Crippen LogP contribution in [0, 0.1) is 0 Å². The Morgan fingerprint density at radius 3 is 2.88 bits per heavy atom. The van der Waals surface area contributed by atoms with Gasteiger partial charge in [0.2, 0.25) is 17.9 Å². The Balaban J connectivity index is 1.34. The quantitative estimate of drug-likeness (QED) is 0.685. The second-order valence-electron chi connectivity index (χ2n) is 5.24. The van der Waals surface area contributed by atoms with Gasteiger partial charge in [-0.15, -0.1) is 5.10 Å². The van der Waals surface area contributed by atoms with E-state index in [1.807, 2.05) is 30.3 Å². The summed E-state index contributed by atoms with van der Waals surface area (Å²) in [5.74, 6) is 2.06. The molecule has 0 fully saturated rings. The summed E-state index contributed by atoms with van der Waals surface area (Å²) in [5.41, 5.74) is 1.61. The van der Waals surface area contributed by atoms with E-state index in [0.29, 0.717) is 28.2 Å². The minimum Gasteiger partial charge on any atom is -0.454 e. The Morgan fingerprint density at radius 1 is 1.16 bits per heavy atom. The number of carbonyl (C=O) groups is 1. The molecule has 7 nitrogen and oxygen atoms in total. The number of hydrogen-bond acceptors (Lipinski definition) is 6. The van der Waals surface area contributed by atoms with E-state index in [0.717, 1.165) is 5.56 Å². The molecule has 0 atom stereocenters. The van der Waals surface area contributed by atoms with Gasteiger partial charge >= 0.3 is 0 Å². The van der Waals surface area contributed by atoms with Crippen molar-refractivity contribution in [3.8, 4) is 22.9 Å². The van der Waals surface area contributed by atoms with E-state index in [9.17, 15) is 4.79 Å². The monoisotopic (exact) mass is 354 g/mol. The van der Waals surface area contributed by atoms with E-state index >= 15 is 0 Å². The molecule has 8 heteroatoms. The summed E-state index contributed by atoms with van der Waals surface area (Å²) in [6, 6.07) is 15.0. The summed E-state index contributed by atoms with van der Waals surface area (Å²) in [6.07, 6.45) is 0. The van der Waals surface area contributed by atoms with Crippen molar-refractivity contribution in [2.45, 2.75) is 5.16 Å². The zero-order valence-electron chi connectivity index (χ0n) is 13.1. The first-order chi connectivity index (χ1) is 12.3. The molecule has 1 aromatic heterocycles. The summed E-state index contributed by atoms with van der Waals surface area (Å²) in [4.78, 5) is 16.5. The maximum atomic E-state index is 12.1. The summed E-state index contributed by atoms with van der Waals surface area (Å²) < 4.78 is 10.5. The lowest BCUT2D eigenvalue weighted by atomic mass is 10.2. The lowest BCUT2D eigenvalue weighted by molar-refractivity contribution is -0.113. The van der Waals surface area contributed by atoms with E-state index in [1.165, 1.54) is 11.8 Å². The molecule has 1 aliphatic heterocycles. The van der Waals surface area contributed by atoms with Crippen LogP contribution in [-0.4, -0.2) is 33.6 Å². The zero-order valence-corrected chi connectivity index (χ0v) is 13.9. The van der Waals surface area contributed by atoms with Crippen molar-refractivity contribution in [2.24, 2.45) is 0 Å². The predicted molar refractivity (Wildman–Crippen MR) is 93.7 cm³/mol. The molecule has 4 rings (SSSR count). The highest BCUT2D eigenvalue weighted by atomic mass is 32.2. The number of ether oxygens (including phenoxy) is 2. The third-order valence-corrected chi connectivity index (χ3v) is 4.35. The number of nitrogens with one attached hydrogen (secondary N) is 2. The molecule has 0 saturated carbocycles. The number of hydrogen-bond donors (Lipinski definition) is 2. The topological polar surface area (TPSA) is 89.1 Å². The Labute approximate surface area is 147 Å². The number of benzene rings is 2. The standard InChI is InChI=1S/C17H14N4O3S/c22-15(18-12-6-7-13-14(8-12)24-10-23-13)9-25-17-19-16(20-21-17)11-4-2-1-3-5-11/h1-8H,9-10H2,(H,18,22)(H,19,20,21). The van der Waals surface area contributed by atoms with Gasteiger partial charge in [0.15, 0.2) is 17.3 Å². The van der Waals surface area contributed by atoms with Crippen LogP contribution in [0.3, 0.4) is 0 Å². The zero-order chi connectivity index (χ0) is 17.1. The lowest BCUT2D eigenvalue weighted by Crippen LogP contribution is -2.14. The fourth-order valence-corrected chi connectivity index (χ4v) is 2.94. The van der Waals surface area contributed by atoms with E-state index in [1.54, 1.807) is 18.2 Å². The molecular weight excluding hydrogens is 340 g/mol. The third-order valence-electron chi connectivity index (χ3n) is 3.50. The van der Waals surface area contributed by atoms with Gasteiger partial charge in [0, 0.05) is 17.3 Å². The molecular formula is C17H14N4O3S. The number of carbonyl (C=O) groups excluding carboxylic acids is 1. The maximum Gasteiger partial charge on any atom is 0.234 e. The second kappa shape index (κ2) is 6.86. The highest BCUT2D eigenvalue weighted by molar-refractivity contribution is 7.99. The van der Waals surface area contributed by atoms with Crippen LogP contribution < -0.4 is 14.8 Å². The number of H-pyrrole nitrogens is 1. The smallest absolute Gasteiger partial charge is 0.234 e. The SMILES string of the molecule is O=C(CSc1n[nH]c(-c2ccccc2)n1)Nc1ccc2c(c1)OCO2. The van der Waals surface area contributed by atoms with Crippen LogP contribution in [0.15, 0.2) is 53.7 Å². The summed E-state index contributed by atoms with van der Waals surface area (Å²) >= 11 is 1.27. The first kappa shape index (κ1) is 15.5. The second-order valence-corrected chi connectivity index (χ2v) is 6.18. The number of rotatable bonds is 5. The Morgan fingerprint density at radius 2 is 2.00 bits per heavy atom. The van der Waals surface area contributed by atoms with Crippen LogP contribution in [-0.2, 0) is 4.79 Å². The van der Waals surface area contributed by atoms with Gasteiger partial charge in [-0.3, -0.25) is 9.89 Å². The molecule has 1 aliphatic rings. The van der Waals surface area contributed by atoms with Crippen molar-refractivity contribution < 1.29 is 14.3 Å². The van der Waals surface area contributed by atoms with Gasteiger partial charge in [0.1, 0.15) is 0 Å². The van der Waals surface area contributed by atoms with E-state index in [4.69, 9.17) is 9.47 Å². The highest BCUT2D eigenvalue weighted by Gasteiger charge is 2.14. The molecule has 3 aromatic rings. The van der Waals surface area contributed by atoms with Gasteiger partial charge < -0.3 is 14.8 Å². The molecule has 1 amide bonds. The molecule has 25 heavy (non-hydrogen) atoms. The van der Waals surface area contributed by atoms with Crippen molar-refractivity contribution in [3.63, 3.8) is 0 Å². The minimum absolute atomic E-state index is 0.144. The number of aromatic nitrogens is 3. The molecule has 0 radical (unpaired) electrons. The van der Waals surface area contributed by atoms with Crippen LogP contribution in [0.2, 0.25) is 0 Å². The Kier molecular flexibility index (Phi) is 4.26. The molecule has 126 valence electrons.